The molecule has 2 aliphatic rings. The van der Waals surface area contributed by atoms with Gasteiger partial charge in [0.05, 0.1) is 6.10 Å². The highest BCUT2D eigenvalue weighted by atomic mass is 16.3. The van der Waals surface area contributed by atoms with Crippen LogP contribution in [0.4, 0.5) is 0 Å². The number of nitrogens with zero attached hydrogens (tertiary/aromatic N) is 2. The molecule has 5 heteroatoms. The second-order valence-electron chi connectivity index (χ2n) is 7.15. The summed E-state index contributed by atoms with van der Waals surface area (Å²) in [4.78, 5) is 16.5. The van der Waals surface area contributed by atoms with Crippen molar-refractivity contribution in [3.05, 3.63) is 23.7 Å². The molecule has 5 nitrogen and oxygen atoms in total. The van der Waals surface area contributed by atoms with E-state index >= 15 is 0 Å². The number of aliphatic hydroxyl groups is 1. The van der Waals surface area contributed by atoms with Gasteiger partial charge in [-0.05, 0) is 31.4 Å². The third-order valence-electron chi connectivity index (χ3n) is 4.99. The molecule has 1 saturated carbocycles. The summed E-state index contributed by atoms with van der Waals surface area (Å²) >= 11 is 0. The molecular formula is C18H28N2O3. The van der Waals surface area contributed by atoms with Crippen LogP contribution in [0, 0.1) is 5.92 Å². The Morgan fingerprint density at radius 3 is 2.65 bits per heavy atom. The molecule has 3 rings (SSSR count). The molecule has 3 atom stereocenters. The maximum Gasteiger partial charge on any atom is 0.223 e. The summed E-state index contributed by atoms with van der Waals surface area (Å²) in [7, 11) is 0. The molecule has 23 heavy (non-hydrogen) atoms. The fourth-order valence-electron chi connectivity index (χ4n) is 3.39. The number of β-amino-alcohol motifs (C(OH)–C–C–N with tert-alkyl or cyclic N) is 1. The number of hydrogen-bond donors (Lipinski definition) is 1. The average molecular weight is 320 g/mol. The van der Waals surface area contributed by atoms with Gasteiger partial charge in [-0.25, -0.2) is 0 Å². The van der Waals surface area contributed by atoms with E-state index in [1.54, 1.807) is 6.92 Å². The molecule has 1 aromatic heterocycles. The van der Waals surface area contributed by atoms with Gasteiger partial charge in [-0.1, -0.05) is 6.92 Å². The highest BCUT2D eigenvalue weighted by molar-refractivity contribution is 5.76. The van der Waals surface area contributed by atoms with Gasteiger partial charge in [0, 0.05) is 51.5 Å². The van der Waals surface area contributed by atoms with E-state index in [1.165, 1.54) is 6.42 Å². The molecule has 1 amide bonds. The topological polar surface area (TPSA) is 56.9 Å². The summed E-state index contributed by atoms with van der Waals surface area (Å²) in [6, 6.07) is 4.09. The summed E-state index contributed by atoms with van der Waals surface area (Å²) in [6.45, 7) is 7.95. The lowest BCUT2D eigenvalue weighted by atomic mass is 10.2. The van der Waals surface area contributed by atoms with Crippen LogP contribution in [0.1, 0.15) is 44.1 Å². The van der Waals surface area contributed by atoms with Crippen LogP contribution < -0.4 is 0 Å². The van der Waals surface area contributed by atoms with Gasteiger partial charge in [0.15, 0.2) is 0 Å². The van der Waals surface area contributed by atoms with E-state index in [4.69, 9.17) is 4.42 Å². The number of carbonyl (C=O) groups excluding carboxylic acids is 1. The van der Waals surface area contributed by atoms with Crippen LogP contribution in [-0.2, 0) is 11.2 Å². The van der Waals surface area contributed by atoms with Gasteiger partial charge in [-0.2, -0.15) is 0 Å². The number of aryl methyl sites for hydroxylation is 1. The maximum absolute atomic E-state index is 12.3. The van der Waals surface area contributed by atoms with Crippen molar-refractivity contribution in [2.45, 2.75) is 45.1 Å². The van der Waals surface area contributed by atoms with Crippen molar-refractivity contribution in [1.82, 2.24) is 9.80 Å². The van der Waals surface area contributed by atoms with Gasteiger partial charge >= 0.3 is 0 Å². The smallest absolute Gasteiger partial charge is 0.223 e. The Labute approximate surface area is 138 Å². The monoisotopic (exact) mass is 320 g/mol. The first-order chi connectivity index (χ1) is 11.0. The van der Waals surface area contributed by atoms with Crippen LogP contribution in [0.25, 0.3) is 0 Å². The van der Waals surface area contributed by atoms with Crippen molar-refractivity contribution >= 4 is 5.91 Å². The van der Waals surface area contributed by atoms with Gasteiger partial charge in [0.2, 0.25) is 5.91 Å². The fourth-order valence-corrected chi connectivity index (χ4v) is 3.39. The van der Waals surface area contributed by atoms with E-state index in [9.17, 15) is 9.90 Å². The zero-order valence-electron chi connectivity index (χ0n) is 14.2. The predicted octanol–water partition coefficient (Wildman–Crippen LogP) is 1.86. The minimum Gasteiger partial charge on any atom is -0.466 e. The summed E-state index contributed by atoms with van der Waals surface area (Å²) in [6.07, 6.45) is 2.12. The predicted molar refractivity (Wildman–Crippen MR) is 88.3 cm³/mol. The van der Waals surface area contributed by atoms with Crippen LogP contribution in [0.2, 0.25) is 0 Å². The quantitative estimate of drug-likeness (QED) is 0.869. The Hall–Kier alpha value is -1.33. The SMILES string of the molecule is C[C@H](O)CN1CCN(C(=O)CCc2ccc([C@@H]3C[C@H]3C)o2)CC1. The Kier molecular flexibility index (Phi) is 5.07. The number of aliphatic hydroxyl groups excluding tert-OH is 1. The Morgan fingerprint density at radius 1 is 1.35 bits per heavy atom. The first-order valence-corrected chi connectivity index (χ1v) is 8.79. The molecule has 2 heterocycles. The molecule has 1 saturated heterocycles. The Balaban J connectivity index is 1.40. The standard InChI is InChI=1S/C18H28N2O3/c1-13-11-16(13)17-5-3-15(23-17)4-6-18(22)20-9-7-19(8-10-20)12-14(2)21/h3,5,13-14,16,21H,4,6-12H2,1-2H3/t13-,14+,16-/m1/s1. The van der Waals surface area contributed by atoms with Crippen molar-refractivity contribution in [3.8, 4) is 0 Å². The highest BCUT2D eigenvalue weighted by Crippen LogP contribution is 2.47. The van der Waals surface area contributed by atoms with Crippen LogP contribution in [0.3, 0.4) is 0 Å². The number of amides is 1. The van der Waals surface area contributed by atoms with E-state index in [0.29, 0.717) is 25.3 Å². The van der Waals surface area contributed by atoms with E-state index in [2.05, 4.69) is 17.9 Å². The summed E-state index contributed by atoms with van der Waals surface area (Å²) < 4.78 is 5.87. The molecule has 1 aliphatic heterocycles. The molecule has 0 radical (unpaired) electrons. The lowest BCUT2D eigenvalue weighted by molar-refractivity contribution is -0.133. The zero-order chi connectivity index (χ0) is 16.4. The molecule has 1 aromatic rings. The lowest BCUT2D eigenvalue weighted by Crippen LogP contribution is -2.50. The molecule has 128 valence electrons. The molecule has 0 bridgehead atoms. The zero-order valence-corrected chi connectivity index (χ0v) is 14.2. The average Bonchev–Trinajstić information content (AvgIpc) is 3.07. The molecule has 2 fully saturated rings. The van der Waals surface area contributed by atoms with Crippen molar-refractivity contribution in [1.29, 1.82) is 0 Å². The number of hydrogen-bond acceptors (Lipinski definition) is 4. The highest BCUT2D eigenvalue weighted by Gasteiger charge is 2.36. The van der Waals surface area contributed by atoms with Crippen LogP contribution in [-0.4, -0.2) is 59.6 Å². The third-order valence-corrected chi connectivity index (χ3v) is 4.99. The summed E-state index contributed by atoms with van der Waals surface area (Å²) in [5.74, 6) is 3.57. The van der Waals surface area contributed by atoms with Crippen molar-refractivity contribution in [3.63, 3.8) is 0 Å². The number of piperazine rings is 1. The Bertz CT molecular complexity index is 532. The Morgan fingerprint density at radius 2 is 2.04 bits per heavy atom. The van der Waals surface area contributed by atoms with Crippen molar-refractivity contribution in [2.24, 2.45) is 5.92 Å². The van der Waals surface area contributed by atoms with Crippen molar-refractivity contribution in [2.75, 3.05) is 32.7 Å². The van der Waals surface area contributed by atoms with Crippen LogP contribution in [0.15, 0.2) is 16.5 Å². The maximum atomic E-state index is 12.3. The second kappa shape index (κ2) is 7.05. The summed E-state index contributed by atoms with van der Waals surface area (Å²) in [5.41, 5.74) is 0. The largest absolute Gasteiger partial charge is 0.466 e. The van der Waals surface area contributed by atoms with Gasteiger partial charge in [-0.3, -0.25) is 9.69 Å². The van der Waals surface area contributed by atoms with Gasteiger partial charge in [0.1, 0.15) is 11.5 Å². The minimum absolute atomic E-state index is 0.208. The molecule has 0 spiro atoms. The van der Waals surface area contributed by atoms with Crippen LogP contribution in [0.5, 0.6) is 0 Å². The molecule has 1 aliphatic carbocycles. The van der Waals surface area contributed by atoms with E-state index < -0.39 is 0 Å². The lowest BCUT2D eigenvalue weighted by Gasteiger charge is -2.35. The molecule has 1 N–H and O–H groups in total. The van der Waals surface area contributed by atoms with Crippen molar-refractivity contribution < 1.29 is 14.3 Å². The second-order valence-corrected chi connectivity index (χ2v) is 7.15. The molecule has 0 unspecified atom stereocenters. The minimum atomic E-state index is -0.306. The molecule has 0 aromatic carbocycles. The third kappa shape index (κ3) is 4.36. The molecular weight excluding hydrogens is 292 g/mol. The normalized spacial score (nSPS) is 26.3. The van der Waals surface area contributed by atoms with Gasteiger partial charge in [0.25, 0.3) is 0 Å². The van der Waals surface area contributed by atoms with Crippen LogP contribution >= 0.6 is 0 Å². The first kappa shape index (κ1) is 16.5. The number of carbonyl (C=O) groups is 1. The van der Waals surface area contributed by atoms with Gasteiger partial charge in [-0.15, -0.1) is 0 Å². The number of rotatable bonds is 6. The fraction of sp³-hybridized carbons (Fsp3) is 0.722. The van der Waals surface area contributed by atoms with E-state index in [1.807, 2.05) is 11.0 Å². The van der Waals surface area contributed by atoms with E-state index in [0.717, 1.165) is 43.6 Å². The summed E-state index contributed by atoms with van der Waals surface area (Å²) in [5, 5.41) is 9.42. The van der Waals surface area contributed by atoms with Gasteiger partial charge < -0.3 is 14.4 Å². The van der Waals surface area contributed by atoms with E-state index in [-0.39, 0.29) is 12.0 Å². The number of furan rings is 1. The first-order valence-electron chi connectivity index (χ1n) is 8.79.